The summed E-state index contributed by atoms with van der Waals surface area (Å²) in [5.41, 5.74) is 0.884. The fourth-order valence-electron chi connectivity index (χ4n) is 1.92. The van der Waals surface area contributed by atoms with Gasteiger partial charge in [-0.05, 0) is 34.1 Å². The highest BCUT2D eigenvalue weighted by molar-refractivity contribution is 9.10. The van der Waals surface area contributed by atoms with E-state index < -0.39 is 0 Å². The Labute approximate surface area is 135 Å². The molecule has 0 amide bonds. The molecule has 112 valence electrons. The van der Waals surface area contributed by atoms with Crippen LogP contribution in [0.1, 0.15) is 16.1 Å². The first kappa shape index (κ1) is 16.0. The van der Waals surface area contributed by atoms with E-state index in [9.17, 15) is 4.79 Å². The van der Waals surface area contributed by atoms with E-state index in [1.54, 1.807) is 36.2 Å². The maximum Gasteiger partial charge on any atom is 0.215 e. The van der Waals surface area contributed by atoms with Crippen LogP contribution in [-0.2, 0) is 11.3 Å². The average molecular weight is 374 g/mol. The molecule has 1 aromatic heterocycles. The van der Waals surface area contributed by atoms with Gasteiger partial charge < -0.3 is 9.47 Å². The molecule has 7 heteroatoms. The zero-order chi connectivity index (χ0) is 15.4. The lowest BCUT2D eigenvalue weighted by atomic mass is 10.1. The van der Waals surface area contributed by atoms with E-state index >= 15 is 0 Å². The van der Waals surface area contributed by atoms with Crippen molar-refractivity contribution >= 4 is 33.3 Å². The highest BCUT2D eigenvalue weighted by atomic mass is 79.9. The Kier molecular flexibility index (Phi) is 5.39. The minimum atomic E-state index is -0.191. The smallest absolute Gasteiger partial charge is 0.215 e. The van der Waals surface area contributed by atoms with Gasteiger partial charge in [0.15, 0.2) is 0 Å². The molecule has 0 N–H and O–H groups in total. The first-order valence-corrected chi connectivity index (χ1v) is 7.34. The van der Waals surface area contributed by atoms with E-state index in [4.69, 9.17) is 21.1 Å². The quantitative estimate of drug-likeness (QED) is 0.730. The van der Waals surface area contributed by atoms with Gasteiger partial charge in [-0.3, -0.25) is 9.48 Å². The predicted molar refractivity (Wildman–Crippen MR) is 83.2 cm³/mol. The van der Waals surface area contributed by atoms with Crippen LogP contribution in [0, 0.1) is 0 Å². The summed E-state index contributed by atoms with van der Waals surface area (Å²) in [5, 5.41) is 4.68. The van der Waals surface area contributed by atoms with Crippen molar-refractivity contribution in [2.45, 2.75) is 6.54 Å². The Morgan fingerprint density at radius 1 is 1.43 bits per heavy atom. The van der Waals surface area contributed by atoms with E-state index in [-0.39, 0.29) is 5.78 Å². The van der Waals surface area contributed by atoms with Crippen molar-refractivity contribution in [2.75, 3.05) is 20.8 Å². The number of ether oxygens (including phenoxy) is 2. The third kappa shape index (κ3) is 3.45. The molecule has 0 saturated carbocycles. The topological polar surface area (TPSA) is 53.4 Å². The van der Waals surface area contributed by atoms with E-state index in [0.717, 1.165) is 0 Å². The second-order valence-electron chi connectivity index (χ2n) is 4.23. The molecule has 0 fully saturated rings. The number of aromatic nitrogens is 2. The standard InChI is InChI=1S/C14H14BrClN2O3/c1-20-6-5-18-13(11(15)8-17-18)14(19)10-4-3-9(16)7-12(10)21-2/h3-4,7-8H,5-6H2,1-2H3. The first-order chi connectivity index (χ1) is 10.1. The van der Waals surface area contributed by atoms with Crippen LogP contribution >= 0.6 is 27.5 Å². The molecule has 0 saturated heterocycles. The SMILES string of the molecule is COCCn1ncc(Br)c1C(=O)c1ccc(Cl)cc1OC. The molecule has 1 heterocycles. The molecule has 0 radical (unpaired) electrons. The summed E-state index contributed by atoms with van der Waals surface area (Å²) in [6.07, 6.45) is 1.59. The number of hydrogen-bond acceptors (Lipinski definition) is 4. The summed E-state index contributed by atoms with van der Waals surface area (Å²) in [4.78, 5) is 12.7. The highest BCUT2D eigenvalue weighted by Gasteiger charge is 2.22. The number of benzene rings is 1. The van der Waals surface area contributed by atoms with Crippen molar-refractivity contribution in [2.24, 2.45) is 0 Å². The number of carbonyl (C=O) groups excluding carboxylic acids is 1. The Balaban J connectivity index is 2.43. The predicted octanol–water partition coefficient (Wildman–Crippen LogP) is 3.19. The molecule has 0 aliphatic rings. The molecule has 21 heavy (non-hydrogen) atoms. The van der Waals surface area contributed by atoms with E-state index in [0.29, 0.717) is 39.7 Å². The lowest BCUT2D eigenvalue weighted by Crippen LogP contribution is -2.15. The summed E-state index contributed by atoms with van der Waals surface area (Å²) in [5.74, 6) is 0.239. The normalized spacial score (nSPS) is 10.7. The molecule has 1 aromatic carbocycles. The number of hydrogen-bond donors (Lipinski definition) is 0. The summed E-state index contributed by atoms with van der Waals surface area (Å²) < 4.78 is 12.5. The largest absolute Gasteiger partial charge is 0.496 e. The van der Waals surface area contributed by atoms with Gasteiger partial charge in [-0.15, -0.1) is 0 Å². The van der Waals surface area contributed by atoms with Crippen LogP contribution in [0.4, 0.5) is 0 Å². The van der Waals surface area contributed by atoms with Crippen LogP contribution in [-0.4, -0.2) is 36.4 Å². The van der Waals surface area contributed by atoms with Gasteiger partial charge in [-0.2, -0.15) is 5.10 Å². The molecule has 0 atom stereocenters. The summed E-state index contributed by atoms with van der Waals surface area (Å²) >= 11 is 9.28. The third-order valence-corrected chi connectivity index (χ3v) is 3.74. The van der Waals surface area contributed by atoms with E-state index in [1.807, 2.05) is 0 Å². The van der Waals surface area contributed by atoms with Gasteiger partial charge in [0, 0.05) is 12.1 Å². The Morgan fingerprint density at radius 3 is 2.86 bits per heavy atom. The van der Waals surface area contributed by atoms with E-state index in [1.165, 1.54) is 7.11 Å². The van der Waals surface area contributed by atoms with Crippen molar-refractivity contribution in [3.63, 3.8) is 0 Å². The molecule has 0 aliphatic carbocycles. The third-order valence-electron chi connectivity index (χ3n) is 2.93. The first-order valence-electron chi connectivity index (χ1n) is 6.17. The highest BCUT2D eigenvalue weighted by Crippen LogP contribution is 2.28. The van der Waals surface area contributed by atoms with Crippen LogP contribution in [0.15, 0.2) is 28.9 Å². The fraction of sp³-hybridized carbons (Fsp3) is 0.286. The summed E-state index contributed by atoms with van der Waals surface area (Å²) in [6.45, 7) is 0.950. The van der Waals surface area contributed by atoms with Gasteiger partial charge in [0.2, 0.25) is 5.78 Å². The molecular formula is C14H14BrClN2O3. The summed E-state index contributed by atoms with van der Waals surface area (Å²) in [6, 6.07) is 4.91. The minimum absolute atomic E-state index is 0.191. The Hall–Kier alpha value is -1.37. The van der Waals surface area contributed by atoms with Crippen molar-refractivity contribution in [3.8, 4) is 5.75 Å². The molecule has 2 rings (SSSR count). The lowest BCUT2D eigenvalue weighted by molar-refractivity contribution is 0.102. The van der Waals surface area contributed by atoms with Gasteiger partial charge in [-0.25, -0.2) is 0 Å². The number of methoxy groups -OCH3 is 2. The van der Waals surface area contributed by atoms with Crippen LogP contribution in [0.5, 0.6) is 5.75 Å². The van der Waals surface area contributed by atoms with Crippen molar-refractivity contribution < 1.29 is 14.3 Å². The maximum atomic E-state index is 12.7. The van der Waals surface area contributed by atoms with Crippen LogP contribution in [0.25, 0.3) is 0 Å². The van der Waals surface area contributed by atoms with Crippen LogP contribution < -0.4 is 4.74 Å². The van der Waals surface area contributed by atoms with Gasteiger partial charge in [-0.1, -0.05) is 11.6 Å². The lowest BCUT2D eigenvalue weighted by Gasteiger charge is -2.10. The zero-order valence-electron chi connectivity index (χ0n) is 11.6. The minimum Gasteiger partial charge on any atom is -0.496 e. The molecule has 2 aromatic rings. The van der Waals surface area contributed by atoms with Crippen molar-refractivity contribution in [1.82, 2.24) is 9.78 Å². The number of nitrogens with zero attached hydrogens (tertiary/aromatic N) is 2. The Bertz CT molecular complexity index is 658. The van der Waals surface area contributed by atoms with E-state index in [2.05, 4.69) is 21.0 Å². The van der Waals surface area contributed by atoms with Gasteiger partial charge >= 0.3 is 0 Å². The molecule has 0 unspecified atom stereocenters. The zero-order valence-corrected chi connectivity index (χ0v) is 13.9. The van der Waals surface area contributed by atoms with Crippen LogP contribution in [0.3, 0.4) is 0 Å². The van der Waals surface area contributed by atoms with Crippen molar-refractivity contribution in [1.29, 1.82) is 0 Å². The molecule has 0 aliphatic heterocycles. The van der Waals surface area contributed by atoms with Crippen molar-refractivity contribution in [3.05, 3.63) is 45.1 Å². The van der Waals surface area contributed by atoms with Gasteiger partial charge in [0.1, 0.15) is 11.4 Å². The maximum absolute atomic E-state index is 12.7. The number of rotatable bonds is 6. The molecular weight excluding hydrogens is 360 g/mol. The second kappa shape index (κ2) is 7.06. The summed E-state index contributed by atoms with van der Waals surface area (Å²) in [7, 11) is 3.10. The van der Waals surface area contributed by atoms with Gasteiger partial charge in [0.05, 0.1) is 36.5 Å². The molecule has 5 nitrogen and oxygen atoms in total. The Morgan fingerprint density at radius 2 is 2.19 bits per heavy atom. The number of ketones is 1. The van der Waals surface area contributed by atoms with Gasteiger partial charge in [0.25, 0.3) is 0 Å². The average Bonchev–Trinajstić information content (AvgIpc) is 2.85. The molecule has 0 bridgehead atoms. The fourth-order valence-corrected chi connectivity index (χ4v) is 2.55. The number of carbonyl (C=O) groups is 1. The number of halogens is 2. The van der Waals surface area contributed by atoms with Crippen LogP contribution in [0.2, 0.25) is 5.02 Å². The molecule has 0 spiro atoms. The monoisotopic (exact) mass is 372 g/mol. The second-order valence-corrected chi connectivity index (χ2v) is 5.52.